The van der Waals surface area contributed by atoms with E-state index in [0.717, 1.165) is 25.8 Å². The molecule has 0 unspecified atom stereocenters. The second-order valence-corrected chi connectivity index (χ2v) is 9.30. The van der Waals surface area contributed by atoms with Crippen molar-refractivity contribution in [3.63, 3.8) is 0 Å². The number of piperidine rings is 2. The SMILES string of the molecule is CN1CCC[C@@]2(C(=O)NCCCc3nn[nH]n3)CCN(S(C)(=O)=O)C[C@H]12. The molecule has 0 aliphatic carbocycles. The average Bonchev–Trinajstić information content (AvgIpc) is 3.11. The molecule has 3 heterocycles. The zero-order valence-corrected chi connectivity index (χ0v) is 16.1. The van der Waals surface area contributed by atoms with Crippen LogP contribution in [0.2, 0.25) is 0 Å². The van der Waals surface area contributed by atoms with E-state index in [2.05, 4.69) is 30.8 Å². The number of nitrogens with one attached hydrogen (secondary N) is 2. The topological polar surface area (TPSA) is 124 Å². The highest BCUT2D eigenvalue weighted by molar-refractivity contribution is 7.88. The number of sulfonamides is 1. The number of aromatic amines is 1. The van der Waals surface area contributed by atoms with Crippen molar-refractivity contribution < 1.29 is 13.2 Å². The lowest BCUT2D eigenvalue weighted by molar-refractivity contribution is -0.142. The van der Waals surface area contributed by atoms with Gasteiger partial charge in [-0.25, -0.2) is 12.7 Å². The lowest BCUT2D eigenvalue weighted by Crippen LogP contribution is -2.65. The zero-order valence-electron chi connectivity index (χ0n) is 15.3. The highest BCUT2D eigenvalue weighted by atomic mass is 32.2. The van der Waals surface area contributed by atoms with Crippen molar-refractivity contribution in [1.82, 2.24) is 35.1 Å². The third-order valence-corrected chi connectivity index (χ3v) is 6.93. The minimum atomic E-state index is -3.25. The molecule has 11 heteroatoms. The molecule has 0 saturated carbocycles. The molecule has 0 spiro atoms. The van der Waals surface area contributed by atoms with Crippen LogP contribution < -0.4 is 5.32 Å². The molecule has 0 aromatic carbocycles. The first-order chi connectivity index (χ1) is 12.3. The quantitative estimate of drug-likeness (QED) is 0.602. The van der Waals surface area contributed by atoms with Crippen LogP contribution in [-0.4, -0.2) is 89.7 Å². The Morgan fingerprint density at radius 1 is 1.38 bits per heavy atom. The van der Waals surface area contributed by atoms with E-state index in [1.54, 1.807) is 0 Å². The summed E-state index contributed by atoms with van der Waals surface area (Å²) in [6, 6.07) is -0.0862. The Morgan fingerprint density at radius 3 is 2.88 bits per heavy atom. The first-order valence-electron chi connectivity index (χ1n) is 8.99. The molecule has 3 rings (SSSR count). The third-order valence-electron chi connectivity index (χ3n) is 5.66. The van der Waals surface area contributed by atoms with Crippen molar-refractivity contribution in [2.75, 3.05) is 39.5 Å². The molecule has 1 amide bonds. The molecule has 2 aliphatic rings. The van der Waals surface area contributed by atoms with Crippen LogP contribution in [0.25, 0.3) is 0 Å². The van der Waals surface area contributed by atoms with E-state index in [4.69, 9.17) is 0 Å². The van der Waals surface area contributed by atoms with Crippen molar-refractivity contribution in [1.29, 1.82) is 0 Å². The minimum absolute atomic E-state index is 0.0373. The highest BCUT2D eigenvalue weighted by Crippen LogP contribution is 2.42. The van der Waals surface area contributed by atoms with Gasteiger partial charge in [-0.15, -0.1) is 10.2 Å². The lowest BCUT2D eigenvalue weighted by Gasteiger charge is -2.52. The second kappa shape index (κ2) is 7.57. The van der Waals surface area contributed by atoms with E-state index in [1.165, 1.54) is 10.6 Å². The van der Waals surface area contributed by atoms with E-state index in [0.29, 0.717) is 38.3 Å². The van der Waals surface area contributed by atoms with Crippen LogP contribution in [0.15, 0.2) is 0 Å². The number of fused-ring (bicyclic) bond motifs is 1. The van der Waals surface area contributed by atoms with Gasteiger partial charge in [0, 0.05) is 32.1 Å². The molecule has 2 saturated heterocycles. The molecule has 2 aliphatic heterocycles. The zero-order chi connectivity index (χ0) is 18.8. The summed E-state index contributed by atoms with van der Waals surface area (Å²) in [5.74, 6) is 0.671. The fourth-order valence-corrected chi connectivity index (χ4v) is 5.03. The number of likely N-dealkylation sites (tertiary alicyclic amines) is 1. The Balaban J connectivity index is 1.63. The van der Waals surface area contributed by atoms with Gasteiger partial charge in [0.25, 0.3) is 0 Å². The first-order valence-corrected chi connectivity index (χ1v) is 10.8. The van der Waals surface area contributed by atoms with Gasteiger partial charge in [0.1, 0.15) is 0 Å². The maximum Gasteiger partial charge on any atom is 0.227 e. The van der Waals surface area contributed by atoms with Gasteiger partial charge in [0.05, 0.1) is 11.7 Å². The van der Waals surface area contributed by atoms with Gasteiger partial charge in [-0.2, -0.15) is 5.21 Å². The standard InChI is InChI=1S/C15H27N7O3S/c1-21-9-4-6-15(7-10-22(11-12(15)21)26(2,24)25)14(23)16-8-3-5-13-17-19-20-18-13/h12H,3-11H2,1-2H3,(H,16,23)(H,17,18,19,20)/t12-,15+/m0/s1. The number of rotatable bonds is 6. The Labute approximate surface area is 153 Å². The molecule has 2 atom stereocenters. The number of aryl methyl sites for hydroxylation is 1. The number of amides is 1. The number of hydrogen-bond donors (Lipinski definition) is 2. The molecule has 26 heavy (non-hydrogen) atoms. The number of carbonyl (C=O) groups is 1. The predicted octanol–water partition coefficient (Wildman–Crippen LogP) is -1.01. The van der Waals surface area contributed by atoms with Gasteiger partial charge in [-0.3, -0.25) is 4.79 Å². The van der Waals surface area contributed by atoms with Crippen molar-refractivity contribution in [3.05, 3.63) is 5.82 Å². The van der Waals surface area contributed by atoms with Gasteiger partial charge in [-0.05, 0) is 39.3 Å². The number of nitrogens with zero attached hydrogens (tertiary/aromatic N) is 5. The van der Waals surface area contributed by atoms with Crippen LogP contribution in [0.5, 0.6) is 0 Å². The van der Waals surface area contributed by atoms with E-state index in [1.807, 2.05) is 7.05 Å². The largest absolute Gasteiger partial charge is 0.356 e. The van der Waals surface area contributed by atoms with Crippen molar-refractivity contribution in [2.45, 2.75) is 38.1 Å². The number of carbonyl (C=O) groups excluding carboxylic acids is 1. The van der Waals surface area contributed by atoms with Crippen LogP contribution in [0, 0.1) is 5.41 Å². The van der Waals surface area contributed by atoms with Gasteiger partial charge in [0.15, 0.2) is 5.82 Å². The maximum absolute atomic E-state index is 13.1. The first kappa shape index (κ1) is 19.2. The summed E-state index contributed by atoms with van der Waals surface area (Å²) in [4.78, 5) is 15.2. The van der Waals surface area contributed by atoms with Gasteiger partial charge in [0.2, 0.25) is 15.9 Å². The Morgan fingerprint density at radius 2 is 2.19 bits per heavy atom. The number of aromatic nitrogens is 4. The number of likely N-dealkylation sites (N-methyl/N-ethyl adjacent to an activating group) is 1. The molecule has 146 valence electrons. The van der Waals surface area contributed by atoms with Crippen LogP contribution in [0.1, 0.15) is 31.5 Å². The minimum Gasteiger partial charge on any atom is -0.356 e. The molecular formula is C15H27N7O3S. The fourth-order valence-electron chi connectivity index (χ4n) is 4.19. The van der Waals surface area contributed by atoms with Crippen LogP contribution in [-0.2, 0) is 21.2 Å². The second-order valence-electron chi connectivity index (χ2n) is 7.31. The highest BCUT2D eigenvalue weighted by Gasteiger charge is 2.52. The lowest BCUT2D eigenvalue weighted by atomic mass is 9.68. The van der Waals surface area contributed by atoms with E-state index in [9.17, 15) is 13.2 Å². The summed E-state index contributed by atoms with van der Waals surface area (Å²) < 4.78 is 25.4. The molecule has 0 radical (unpaired) electrons. The van der Waals surface area contributed by atoms with Crippen LogP contribution >= 0.6 is 0 Å². The smallest absolute Gasteiger partial charge is 0.227 e. The summed E-state index contributed by atoms with van der Waals surface area (Å²) in [6.07, 6.45) is 4.93. The average molecular weight is 385 g/mol. The molecule has 1 aromatic heterocycles. The van der Waals surface area contributed by atoms with E-state index < -0.39 is 15.4 Å². The Hall–Kier alpha value is -1.59. The molecular weight excluding hydrogens is 358 g/mol. The fraction of sp³-hybridized carbons (Fsp3) is 0.867. The normalized spacial score (nSPS) is 27.8. The Kier molecular flexibility index (Phi) is 5.58. The number of tetrazole rings is 1. The number of H-pyrrole nitrogens is 1. The van der Waals surface area contributed by atoms with E-state index >= 15 is 0 Å². The summed E-state index contributed by atoms with van der Waals surface area (Å²) >= 11 is 0. The van der Waals surface area contributed by atoms with Crippen molar-refractivity contribution in [2.24, 2.45) is 5.41 Å². The van der Waals surface area contributed by atoms with Crippen LogP contribution in [0.3, 0.4) is 0 Å². The Bertz CT molecular complexity index is 724. The van der Waals surface area contributed by atoms with E-state index in [-0.39, 0.29) is 11.9 Å². The summed E-state index contributed by atoms with van der Waals surface area (Å²) in [5.41, 5.74) is -0.514. The maximum atomic E-state index is 13.1. The summed E-state index contributed by atoms with van der Waals surface area (Å²) in [7, 11) is -1.27. The van der Waals surface area contributed by atoms with Crippen LogP contribution in [0.4, 0.5) is 0 Å². The van der Waals surface area contributed by atoms with Crippen molar-refractivity contribution in [3.8, 4) is 0 Å². The molecule has 2 N–H and O–H groups in total. The number of hydrogen-bond acceptors (Lipinski definition) is 7. The monoisotopic (exact) mass is 385 g/mol. The summed E-state index contributed by atoms with van der Waals surface area (Å²) in [5, 5.41) is 16.8. The summed E-state index contributed by atoms with van der Waals surface area (Å²) in [6.45, 7) is 2.21. The third kappa shape index (κ3) is 3.89. The molecule has 1 aromatic rings. The van der Waals surface area contributed by atoms with Gasteiger partial charge < -0.3 is 10.2 Å². The molecule has 2 fully saturated rings. The van der Waals surface area contributed by atoms with Crippen molar-refractivity contribution >= 4 is 15.9 Å². The molecule has 0 bridgehead atoms. The van der Waals surface area contributed by atoms with Gasteiger partial charge >= 0.3 is 0 Å². The molecule has 10 nitrogen and oxygen atoms in total. The predicted molar refractivity (Wildman–Crippen MR) is 94.6 cm³/mol. The van der Waals surface area contributed by atoms with Gasteiger partial charge in [-0.1, -0.05) is 5.21 Å².